The number of carbonyl (C=O) groups excluding carboxylic acids is 2. The molecule has 1 aliphatic heterocycles. The van der Waals surface area contributed by atoms with Gasteiger partial charge in [-0.25, -0.2) is 0 Å². The first-order chi connectivity index (χ1) is 14.8. The van der Waals surface area contributed by atoms with Gasteiger partial charge in [-0.2, -0.15) is 0 Å². The van der Waals surface area contributed by atoms with Gasteiger partial charge < -0.3 is 19.4 Å². The van der Waals surface area contributed by atoms with Gasteiger partial charge in [0.2, 0.25) is 5.91 Å². The number of anilines is 2. The van der Waals surface area contributed by atoms with Crippen molar-refractivity contribution in [2.24, 2.45) is 5.41 Å². The number of para-hydroxylation sites is 1. The molecule has 0 bridgehead atoms. The summed E-state index contributed by atoms with van der Waals surface area (Å²) < 4.78 is 11.4. The molecular weight excluding hydrogens is 396 g/mol. The summed E-state index contributed by atoms with van der Waals surface area (Å²) in [6.45, 7) is 7.92. The van der Waals surface area contributed by atoms with Crippen molar-refractivity contribution in [1.82, 2.24) is 0 Å². The van der Waals surface area contributed by atoms with Gasteiger partial charge in [-0.3, -0.25) is 14.4 Å². The Labute approximate surface area is 178 Å². The monoisotopic (exact) mass is 418 g/mol. The minimum Gasteiger partial charge on any atom is -0.490 e. The number of carbonyl (C=O) groups is 2. The van der Waals surface area contributed by atoms with Crippen LogP contribution in [0.5, 0.6) is 5.75 Å². The largest absolute Gasteiger partial charge is 0.490 e. The second-order valence-electron chi connectivity index (χ2n) is 7.98. The number of ether oxygens (including phenoxy) is 1. The van der Waals surface area contributed by atoms with Gasteiger partial charge >= 0.3 is 0 Å². The average Bonchev–Trinajstić information content (AvgIpc) is 2.84. The van der Waals surface area contributed by atoms with E-state index in [4.69, 9.17) is 9.15 Å². The maximum absolute atomic E-state index is 13.0. The third-order valence-electron chi connectivity index (χ3n) is 5.09. The normalized spacial score (nSPS) is 15.0. The molecule has 2 amide bonds. The molecule has 2 heterocycles. The van der Waals surface area contributed by atoms with Crippen molar-refractivity contribution in [1.29, 1.82) is 0 Å². The van der Waals surface area contributed by atoms with Crippen molar-refractivity contribution in [3.05, 3.63) is 77.2 Å². The van der Waals surface area contributed by atoms with Crippen LogP contribution in [0.2, 0.25) is 0 Å². The van der Waals surface area contributed by atoms with E-state index in [1.807, 2.05) is 13.8 Å². The van der Waals surface area contributed by atoms with Crippen molar-refractivity contribution in [2.75, 3.05) is 23.4 Å². The van der Waals surface area contributed by atoms with Gasteiger partial charge in [0.15, 0.2) is 11.2 Å². The highest BCUT2D eigenvalue weighted by molar-refractivity contribution is 6.04. The van der Waals surface area contributed by atoms with Crippen LogP contribution in [0.25, 0.3) is 11.0 Å². The van der Waals surface area contributed by atoms with Crippen LogP contribution in [0.4, 0.5) is 11.4 Å². The number of nitrogens with zero attached hydrogens (tertiary/aromatic N) is 1. The number of hydrogen-bond donors (Lipinski definition) is 1. The number of hydrogen-bond acceptors (Lipinski definition) is 5. The molecule has 1 N–H and O–H groups in total. The topological polar surface area (TPSA) is 88.9 Å². The molecule has 0 aliphatic carbocycles. The third-order valence-corrected chi connectivity index (χ3v) is 5.09. The lowest BCUT2D eigenvalue weighted by Gasteiger charge is -2.27. The van der Waals surface area contributed by atoms with Crippen LogP contribution in [0.15, 0.2) is 70.4 Å². The molecule has 0 atom stereocenters. The maximum Gasteiger partial charge on any atom is 0.291 e. The molecule has 0 fully saturated rings. The fourth-order valence-corrected chi connectivity index (χ4v) is 3.44. The highest BCUT2D eigenvalue weighted by Gasteiger charge is 2.37. The summed E-state index contributed by atoms with van der Waals surface area (Å²) in [5.41, 5.74) is 0.297. The van der Waals surface area contributed by atoms with E-state index in [1.54, 1.807) is 53.4 Å². The summed E-state index contributed by atoms with van der Waals surface area (Å²) >= 11 is 0. The minimum atomic E-state index is -0.708. The SMILES string of the molecule is C=CCN1C(=O)C(C)(C)COc2ccc(NC(=O)c3cc(=O)c4ccccc4o3)cc21. The quantitative estimate of drug-likeness (QED) is 0.648. The molecule has 4 rings (SSSR count). The Morgan fingerprint density at radius 3 is 2.74 bits per heavy atom. The molecule has 0 saturated carbocycles. The average molecular weight is 418 g/mol. The molecule has 158 valence electrons. The standard InChI is InChI=1S/C24H22N2O5/c1-4-11-26-17-12-15(9-10-20(17)30-14-24(2,3)23(26)29)25-22(28)21-13-18(27)16-7-5-6-8-19(16)31-21/h4-10,12-13H,1,11,14H2,2-3H3,(H,25,28). The molecule has 7 heteroatoms. The molecular formula is C24H22N2O5. The summed E-state index contributed by atoms with van der Waals surface area (Å²) in [6.07, 6.45) is 1.64. The van der Waals surface area contributed by atoms with Crippen LogP contribution in [-0.4, -0.2) is 25.0 Å². The highest BCUT2D eigenvalue weighted by atomic mass is 16.5. The van der Waals surface area contributed by atoms with Crippen LogP contribution in [0.3, 0.4) is 0 Å². The second-order valence-corrected chi connectivity index (χ2v) is 7.98. The number of benzene rings is 2. The first-order valence-electron chi connectivity index (χ1n) is 9.84. The maximum atomic E-state index is 13.0. The van der Waals surface area contributed by atoms with Gasteiger partial charge in [-0.1, -0.05) is 18.2 Å². The molecule has 0 radical (unpaired) electrons. The Balaban J connectivity index is 1.67. The van der Waals surface area contributed by atoms with E-state index in [0.29, 0.717) is 34.6 Å². The molecule has 7 nitrogen and oxygen atoms in total. The molecule has 0 spiro atoms. The summed E-state index contributed by atoms with van der Waals surface area (Å²) in [6, 6.07) is 12.9. The van der Waals surface area contributed by atoms with Gasteiger partial charge in [-0.05, 0) is 44.2 Å². The van der Waals surface area contributed by atoms with E-state index in [0.717, 1.165) is 0 Å². The number of amides is 2. The molecule has 0 unspecified atom stereocenters. The molecule has 1 aliphatic rings. The molecule has 3 aromatic rings. The summed E-state index contributed by atoms with van der Waals surface area (Å²) in [5.74, 6) is -0.236. The van der Waals surface area contributed by atoms with Gasteiger partial charge in [0.25, 0.3) is 5.91 Å². The highest BCUT2D eigenvalue weighted by Crippen LogP contribution is 2.38. The van der Waals surface area contributed by atoms with E-state index in [2.05, 4.69) is 11.9 Å². The van der Waals surface area contributed by atoms with E-state index in [-0.39, 0.29) is 23.7 Å². The lowest BCUT2D eigenvalue weighted by molar-refractivity contribution is -0.127. The van der Waals surface area contributed by atoms with Gasteiger partial charge in [0, 0.05) is 18.3 Å². The first-order valence-corrected chi connectivity index (χ1v) is 9.84. The molecule has 0 saturated heterocycles. The van der Waals surface area contributed by atoms with Crippen LogP contribution in [0.1, 0.15) is 24.4 Å². The Bertz CT molecular complexity index is 1260. The predicted molar refractivity (Wildman–Crippen MR) is 119 cm³/mol. The molecule has 31 heavy (non-hydrogen) atoms. The molecule has 2 aromatic carbocycles. The third kappa shape index (κ3) is 3.82. The number of fused-ring (bicyclic) bond motifs is 2. The van der Waals surface area contributed by atoms with Crippen molar-refractivity contribution in [2.45, 2.75) is 13.8 Å². The Hall–Kier alpha value is -3.87. The Kier molecular flexibility index (Phi) is 5.10. The van der Waals surface area contributed by atoms with Crippen molar-refractivity contribution < 1.29 is 18.7 Å². The van der Waals surface area contributed by atoms with Crippen LogP contribution < -0.4 is 20.4 Å². The van der Waals surface area contributed by atoms with E-state index in [9.17, 15) is 14.4 Å². The van der Waals surface area contributed by atoms with Crippen LogP contribution >= 0.6 is 0 Å². The van der Waals surface area contributed by atoms with E-state index in [1.165, 1.54) is 6.07 Å². The Morgan fingerprint density at radius 2 is 1.97 bits per heavy atom. The van der Waals surface area contributed by atoms with E-state index < -0.39 is 11.3 Å². The fourth-order valence-electron chi connectivity index (χ4n) is 3.44. The zero-order chi connectivity index (χ0) is 22.2. The van der Waals surface area contributed by atoms with Crippen molar-refractivity contribution in [3.63, 3.8) is 0 Å². The van der Waals surface area contributed by atoms with Gasteiger partial charge in [0.05, 0.1) is 16.5 Å². The zero-order valence-corrected chi connectivity index (χ0v) is 17.3. The van der Waals surface area contributed by atoms with Crippen molar-refractivity contribution >= 4 is 34.2 Å². The summed E-state index contributed by atoms with van der Waals surface area (Å²) in [4.78, 5) is 39.6. The summed E-state index contributed by atoms with van der Waals surface area (Å²) in [5, 5.41) is 3.13. The lowest BCUT2D eigenvalue weighted by atomic mass is 9.93. The predicted octanol–water partition coefficient (Wildman–Crippen LogP) is 3.98. The number of rotatable bonds is 4. The number of nitrogens with one attached hydrogen (secondary N) is 1. The summed E-state index contributed by atoms with van der Waals surface area (Å²) in [7, 11) is 0. The van der Waals surface area contributed by atoms with Crippen molar-refractivity contribution in [3.8, 4) is 5.75 Å². The van der Waals surface area contributed by atoms with Crippen LogP contribution in [-0.2, 0) is 4.79 Å². The van der Waals surface area contributed by atoms with Gasteiger partial charge in [0.1, 0.15) is 17.9 Å². The lowest BCUT2D eigenvalue weighted by Crippen LogP contribution is -2.42. The van der Waals surface area contributed by atoms with Crippen LogP contribution in [0, 0.1) is 5.41 Å². The molecule has 1 aromatic heterocycles. The second kappa shape index (κ2) is 7.75. The van der Waals surface area contributed by atoms with E-state index >= 15 is 0 Å². The fraction of sp³-hybridized carbons (Fsp3) is 0.208. The van der Waals surface area contributed by atoms with Gasteiger partial charge in [-0.15, -0.1) is 6.58 Å². The first kappa shape index (κ1) is 20.4. The zero-order valence-electron chi connectivity index (χ0n) is 17.3. The Morgan fingerprint density at radius 1 is 1.19 bits per heavy atom. The minimum absolute atomic E-state index is 0.102. The smallest absolute Gasteiger partial charge is 0.291 e.